The van der Waals surface area contributed by atoms with Gasteiger partial charge < -0.3 is 10.0 Å². The second kappa shape index (κ2) is 6.76. The predicted octanol–water partition coefficient (Wildman–Crippen LogP) is 0.940. The van der Waals surface area contributed by atoms with E-state index in [4.69, 9.17) is 6.42 Å². The lowest BCUT2D eigenvalue weighted by Crippen LogP contribution is -2.49. The highest BCUT2D eigenvalue weighted by molar-refractivity contribution is 5.76. The van der Waals surface area contributed by atoms with Crippen molar-refractivity contribution in [2.75, 3.05) is 19.6 Å². The van der Waals surface area contributed by atoms with E-state index in [-0.39, 0.29) is 11.9 Å². The lowest BCUT2D eigenvalue weighted by Gasteiger charge is -2.38. The van der Waals surface area contributed by atoms with Crippen LogP contribution < -0.4 is 0 Å². The Kier molecular flexibility index (Phi) is 5.02. The Balaban J connectivity index is 1.83. The van der Waals surface area contributed by atoms with Crippen LogP contribution in [-0.4, -0.2) is 58.5 Å². The molecule has 5 nitrogen and oxygen atoms in total. The minimum absolute atomic E-state index is 0.123. The lowest BCUT2D eigenvalue weighted by molar-refractivity contribution is -0.144. The van der Waals surface area contributed by atoms with Crippen molar-refractivity contribution < 1.29 is 14.7 Å². The van der Waals surface area contributed by atoms with E-state index in [9.17, 15) is 14.7 Å². The van der Waals surface area contributed by atoms with Gasteiger partial charge in [0.1, 0.15) is 6.04 Å². The number of nitrogens with zero attached hydrogens (tertiary/aromatic N) is 2. The van der Waals surface area contributed by atoms with Crippen LogP contribution in [-0.2, 0) is 9.59 Å². The van der Waals surface area contributed by atoms with Crippen LogP contribution in [0.3, 0.4) is 0 Å². The Bertz CT molecular complexity index is 408. The number of hydrogen-bond donors (Lipinski definition) is 1. The van der Waals surface area contributed by atoms with Crippen LogP contribution >= 0.6 is 0 Å². The van der Waals surface area contributed by atoms with Crippen molar-refractivity contribution in [3.63, 3.8) is 0 Å². The molecule has 20 heavy (non-hydrogen) atoms. The molecule has 1 unspecified atom stereocenters. The van der Waals surface area contributed by atoms with Crippen molar-refractivity contribution in [2.24, 2.45) is 0 Å². The van der Waals surface area contributed by atoms with Gasteiger partial charge in [-0.15, -0.1) is 12.3 Å². The Morgan fingerprint density at radius 3 is 2.50 bits per heavy atom. The number of likely N-dealkylation sites (tertiary alicyclic amines) is 2. The van der Waals surface area contributed by atoms with Gasteiger partial charge >= 0.3 is 5.97 Å². The molecule has 0 aromatic carbocycles. The first kappa shape index (κ1) is 14.9. The first-order valence-corrected chi connectivity index (χ1v) is 7.33. The monoisotopic (exact) mass is 278 g/mol. The van der Waals surface area contributed by atoms with E-state index < -0.39 is 5.97 Å². The first-order chi connectivity index (χ1) is 9.63. The van der Waals surface area contributed by atoms with E-state index in [1.165, 1.54) is 0 Å². The number of hydrogen-bond acceptors (Lipinski definition) is 3. The smallest absolute Gasteiger partial charge is 0.320 e. The minimum atomic E-state index is -0.713. The summed E-state index contributed by atoms with van der Waals surface area (Å²) in [6.45, 7) is 2.31. The van der Waals surface area contributed by atoms with Crippen LogP contribution in [0, 0.1) is 12.3 Å². The van der Waals surface area contributed by atoms with Gasteiger partial charge in [0, 0.05) is 32.0 Å². The highest BCUT2D eigenvalue weighted by atomic mass is 16.4. The number of carbonyl (C=O) groups excluding carboxylic acids is 1. The summed E-state index contributed by atoms with van der Waals surface area (Å²) in [6.07, 6.45) is 9.52. The maximum absolute atomic E-state index is 11.9. The van der Waals surface area contributed by atoms with E-state index in [0.29, 0.717) is 18.9 Å². The van der Waals surface area contributed by atoms with Crippen molar-refractivity contribution >= 4 is 11.9 Å². The molecule has 1 amide bonds. The van der Waals surface area contributed by atoms with Gasteiger partial charge in [-0.3, -0.25) is 14.5 Å². The normalized spacial score (nSPS) is 24.6. The number of terminal acetylenes is 1. The zero-order valence-corrected chi connectivity index (χ0v) is 11.8. The first-order valence-electron chi connectivity index (χ1n) is 7.33. The average Bonchev–Trinajstić information content (AvgIpc) is 2.94. The molecule has 2 saturated heterocycles. The lowest BCUT2D eigenvalue weighted by atomic mass is 10.0. The van der Waals surface area contributed by atoms with Crippen molar-refractivity contribution in [1.82, 2.24) is 9.80 Å². The summed E-state index contributed by atoms with van der Waals surface area (Å²) in [6, 6.07) is -0.0287. The van der Waals surface area contributed by atoms with E-state index in [1.54, 1.807) is 0 Å². The van der Waals surface area contributed by atoms with Crippen LogP contribution in [0.25, 0.3) is 0 Å². The molecule has 1 N–H and O–H groups in total. The molecule has 5 heteroatoms. The maximum atomic E-state index is 11.9. The zero-order valence-electron chi connectivity index (χ0n) is 11.8. The number of carboxylic acids is 1. The van der Waals surface area contributed by atoms with Crippen LogP contribution in [0.5, 0.6) is 0 Å². The number of rotatable bonds is 4. The van der Waals surface area contributed by atoms with Crippen molar-refractivity contribution in [1.29, 1.82) is 0 Å². The van der Waals surface area contributed by atoms with E-state index in [1.807, 2.05) is 4.90 Å². The summed E-state index contributed by atoms with van der Waals surface area (Å²) in [5, 5.41) is 9.23. The van der Waals surface area contributed by atoms with Gasteiger partial charge in [0.25, 0.3) is 0 Å². The molecule has 0 spiro atoms. The topological polar surface area (TPSA) is 60.9 Å². The van der Waals surface area contributed by atoms with E-state index in [0.717, 1.165) is 45.3 Å². The third-order valence-electron chi connectivity index (χ3n) is 4.35. The molecular formula is C15H22N2O3. The van der Waals surface area contributed by atoms with Gasteiger partial charge in [-0.1, -0.05) is 0 Å². The molecule has 0 aliphatic carbocycles. The summed E-state index contributed by atoms with van der Waals surface area (Å²) in [4.78, 5) is 27.1. The highest BCUT2D eigenvalue weighted by Crippen LogP contribution is 2.26. The molecule has 0 bridgehead atoms. The van der Waals surface area contributed by atoms with Crippen molar-refractivity contribution in [2.45, 2.75) is 50.6 Å². The summed E-state index contributed by atoms with van der Waals surface area (Å²) in [5.74, 6) is 1.90. The molecule has 2 fully saturated rings. The van der Waals surface area contributed by atoms with Crippen molar-refractivity contribution in [3.8, 4) is 12.3 Å². The molecule has 1 atom stereocenters. The fraction of sp³-hybridized carbons (Fsp3) is 0.733. The standard InChI is InChI=1S/C15H22N2O3/c1-2-3-6-14(18)16-10-7-12(8-11-16)17-9-4-5-13(17)15(19)20/h1,12-13H,3-11H2,(H,19,20). The third-order valence-corrected chi connectivity index (χ3v) is 4.35. The van der Waals surface area contributed by atoms with Crippen LogP contribution in [0.4, 0.5) is 0 Å². The number of carboxylic acid groups (broad SMARTS) is 1. The molecule has 0 saturated carbocycles. The predicted molar refractivity (Wildman–Crippen MR) is 75.0 cm³/mol. The largest absolute Gasteiger partial charge is 0.480 e. The Hall–Kier alpha value is -1.54. The van der Waals surface area contributed by atoms with E-state index >= 15 is 0 Å². The molecule has 0 radical (unpaired) electrons. The molecule has 2 aliphatic rings. The van der Waals surface area contributed by atoms with Crippen LogP contribution in [0.15, 0.2) is 0 Å². The maximum Gasteiger partial charge on any atom is 0.320 e. The van der Waals surface area contributed by atoms with Gasteiger partial charge in [-0.25, -0.2) is 0 Å². The Labute approximate surface area is 119 Å². The van der Waals surface area contributed by atoms with E-state index in [2.05, 4.69) is 10.8 Å². The van der Waals surface area contributed by atoms with Gasteiger partial charge in [0.05, 0.1) is 0 Å². The highest BCUT2D eigenvalue weighted by Gasteiger charge is 2.37. The van der Waals surface area contributed by atoms with Gasteiger partial charge in [0.15, 0.2) is 0 Å². The number of amides is 1. The summed E-state index contributed by atoms with van der Waals surface area (Å²) < 4.78 is 0. The quantitative estimate of drug-likeness (QED) is 0.778. The zero-order chi connectivity index (χ0) is 14.5. The summed E-state index contributed by atoms with van der Waals surface area (Å²) >= 11 is 0. The average molecular weight is 278 g/mol. The van der Waals surface area contributed by atoms with Crippen molar-refractivity contribution in [3.05, 3.63) is 0 Å². The fourth-order valence-corrected chi connectivity index (χ4v) is 3.28. The number of carbonyl (C=O) groups is 2. The van der Waals surface area contributed by atoms with Gasteiger partial charge in [-0.05, 0) is 32.2 Å². The number of piperidine rings is 1. The van der Waals surface area contributed by atoms with Crippen LogP contribution in [0.1, 0.15) is 38.5 Å². The second-order valence-corrected chi connectivity index (χ2v) is 5.55. The third kappa shape index (κ3) is 3.31. The molecule has 2 aliphatic heterocycles. The molecule has 110 valence electrons. The summed E-state index contributed by atoms with van der Waals surface area (Å²) in [7, 11) is 0. The number of aliphatic carboxylic acids is 1. The molecule has 2 rings (SSSR count). The minimum Gasteiger partial charge on any atom is -0.480 e. The molecule has 2 heterocycles. The van der Waals surface area contributed by atoms with Gasteiger partial charge in [0.2, 0.25) is 5.91 Å². The molecular weight excluding hydrogens is 256 g/mol. The Morgan fingerprint density at radius 1 is 1.20 bits per heavy atom. The Morgan fingerprint density at radius 2 is 1.90 bits per heavy atom. The second-order valence-electron chi connectivity index (χ2n) is 5.55. The summed E-state index contributed by atoms with van der Waals surface area (Å²) in [5.41, 5.74) is 0. The fourth-order valence-electron chi connectivity index (χ4n) is 3.28. The van der Waals surface area contributed by atoms with Crippen LogP contribution in [0.2, 0.25) is 0 Å². The van der Waals surface area contributed by atoms with Gasteiger partial charge in [-0.2, -0.15) is 0 Å². The molecule has 0 aromatic heterocycles. The SMILES string of the molecule is C#CCCC(=O)N1CCC(N2CCCC2C(=O)O)CC1. The molecule has 0 aromatic rings.